The third-order valence-corrected chi connectivity index (χ3v) is 6.20. The highest BCUT2D eigenvalue weighted by Crippen LogP contribution is 2.38. The minimum atomic E-state index is -1.53. The highest BCUT2D eigenvalue weighted by Gasteiger charge is 2.58. The second-order valence-corrected chi connectivity index (χ2v) is 9.69. The molecule has 8 nitrogen and oxygen atoms in total. The van der Waals surface area contributed by atoms with Gasteiger partial charge in [-0.1, -0.05) is 31.7 Å². The van der Waals surface area contributed by atoms with Gasteiger partial charge >= 0.3 is 5.97 Å². The molecule has 0 aromatic carbocycles. The van der Waals surface area contributed by atoms with Crippen molar-refractivity contribution in [1.82, 2.24) is 4.90 Å². The molecule has 1 unspecified atom stereocenters. The summed E-state index contributed by atoms with van der Waals surface area (Å²) in [5.41, 5.74) is -0.600. The van der Waals surface area contributed by atoms with Crippen LogP contribution in [0, 0.1) is 0 Å². The van der Waals surface area contributed by atoms with Crippen LogP contribution < -0.4 is 0 Å². The number of hydrogen-bond acceptors (Lipinski definition) is 6. The lowest BCUT2D eigenvalue weighted by Crippen LogP contribution is -2.70. The molecule has 2 rings (SSSR count). The Morgan fingerprint density at radius 2 is 1.97 bits per heavy atom. The first-order valence-corrected chi connectivity index (χ1v) is 11.5. The molecule has 0 bridgehead atoms. The molecule has 0 saturated carbocycles. The molecule has 1 amide bonds. The number of rotatable bonds is 10. The van der Waals surface area contributed by atoms with Crippen LogP contribution in [0.1, 0.15) is 34.1 Å². The number of carboxylic acid groups (broad SMARTS) is 1. The number of allylic oxidation sites excluding steroid dienone is 6. The molecule has 0 aromatic heterocycles. The number of hydrogen-bond donors (Lipinski definition) is 1. The molecule has 3 atom stereocenters. The van der Waals surface area contributed by atoms with E-state index >= 15 is 0 Å². The second-order valence-electron chi connectivity index (χ2n) is 8.16. The number of nitrogens with zero attached hydrogens (tertiary/aromatic N) is 1. The number of ether oxygens (including phenoxy) is 2. The Bertz CT molecular complexity index is 936. The van der Waals surface area contributed by atoms with Crippen LogP contribution in [0.2, 0.25) is 0 Å². The van der Waals surface area contributed by atoms with E-state index in [1.807, 2.05) is 0 Å². The predicted octanol–water partition coefficient (Wildman–Crippen LogP) is 2.62. The molecule has 1 fully saturated rings. The molecule has 0 aliphatic carbocycles. The molecule has 0 radical (unpaired) electrons. The van der Waals surface area contributed by atoms with E-state index in [1.54, 1.807) is 52.0 Å². The monoisotopic (exact) mass is 463 g/mol. The van der Waals surface area contributed by atoms with Gasteiger partial charge in [0.25, 0.3) is 5.91 Å². The van der Waals surface area contributed by atoms with Crippen molar-refractivity contribution in [2.45, 2.75) is 51.2 Å². The highest BCUT2D eigenvalue weighted by atomic mass is 32.2. The fourth-order valence-electron chi connectivity index (χ4n) is 3.12. The van der Waals surface area contributed by atoms with E-state index in [0.717, 1.165) is 4.90 Å². The van der Waals surface area contributed by atoms with Gasteiger partial charge in [-0.05, 0) is 39.0 Å². The van der Waals surface area contributed by atoms with Crippen LogP contribution >= 0.6 is 0 Å². The van der Waals surface area contributed by atoms with Gasteiger partial charge < -0.3 is 14.6 Å². The zero-order chi connectivity index (χ0) is 24.1. The van der Waals surface area contributed by atoms with E-state index < -0.39 is 39.8 Å². The lowest BCUT2D eigenvalue weighted by molar-refractivity contribution is -0.178. The van der Waals surface area contributed by atoms with Gasteiger partial charge in [0.1, 0.15) is 23.4 Å². The minimum absolute atomic E-state index is 0.00578. The van der Waals surface area contributed by atoms with Crippen molar-refractivity contribution in [1.29, 1.82) is 0 Å². The van der Waals surface area contributed by atoms with Gasteiger partial charge in [0, 0.05) is 12.0 Å². The molecule has 32 heavy (non-hydrogen) atoms. The van der Waals surface area contributed by atoms with Gasteiger partial charge in [0.05, 0.1) is 22.2 Å². The van der Waals surface area contributed by atoms with Crippen molar-refractivity contribution in [2.24, 2.45) is 0 Å². The van der Waals surface area contributed by atoms with Crippen LogP contribution in [-0.2, 0) is 34.7 Å². The number of carbonyl (C=O) groups is 3. The number of ketones is 1. The maximum atomic E-state index is 12.8. The summed E-state index contributed by atoms with van der Waals surface area (Å²) in [4.78, 5) is 36.8. The van der Waals surface area contributed by atoms with E-state index in [1.165, 1.54) is 12.2 Å². The first kappa shape index (κ1) is 25.5. The van der Waals surface area contributed by atoms with Crippen LogP contribution in [0.4, 0.5) is 0 Å². The first-order valence-electron chi connectivity index (χ1n) is 10.2. The Kier molecular flexibility index (Phi) is 8.51. The van der Waals surface area contributed by atoms with Crippen molar-refractivity contribution in [3.8, 4) is 0 Å². The summed E-state index contributed by atoms with van der Waals surface area (Å²) in [6.07, 6.45) is 8.88. The van der Waals surface area contributed by atoms with Gasteiger partial charge in [0.2, 0.25) is 0 Å². The summed E-state index contributed by atoms with van der Waals surface area (Å²) in [6.45, 7) is 10.6. The van der Waals surface area contributed by atoms with Crippen molar-refractivity contribution in [3.05, 3.63) is 60.1 Å². The molecule has 9 heteroatoms. The Hall–Kier alpha value is -2.78. The third-order valence-electron chi connectivity index (χ3n) is 4.57. The zero-order valence-corrected chi connectivity index (χ0v) is 19.5. The average Bonchev–Trinajstić information content (AvgIpc) is 2.72. The minimum Gasteiger partial charge on any atom is -0.489 e. The fourth-order valence-corrected chi connectivity index (χ4v) is 4.75. The average molecular weight is 464 g/mol. The largest absolute Gasteiger partial charge is 0.489 e. The van der Waals surface area contributed by atoms with Crippen molar-refractivity contribution in [3.63, 3.8) is 0 Å². The molecule has 2 aliphatic rings. The van der Waals surface area contributed by atoms with Crippen molar-refractivity contribution < 1.29 is 33.2 Å². The molecular weight excluding hydrogens is 434 g/mol. The lowest BCUT2D eigenvalue weighted by Gasteiger charge is -2.50. The lowest BCUT2D eigenvalue weighted by atomic mass is 10.0. The Labute approximate surface area is 190 Å². The van der Waals surface area contributed by atoms with Gasteiger partial charge in [0.15, 0.2) is 11.9 Å². The topological polar surface area (TPSA) is 110 Å². The normalized spacial score (nSPS) is 24.0. The molecular formula is C23H29NO7S. The maximum Gasteiger partial charge on any atom is 0.352 e. The maximum absolute atomic E-state index is 12.8. The van der Waals surface area contributed by atoms with Crippen LogP contribution in [0.3, 0.4) is 0 Å². The van der Waals surface area contributed by atoms with Gasteiger partial charge in [-0.25, -0.2) is 4.79 Å². The summed E-state index contributed by atoms with van der Waals surface area (Å²) < 4.78 is 24.1. The van der Waals surface area contributed by atoms with E-state index in [2.05, 4.69) is 6.58 Å². The molecule has 2 heterocycles. The smallest absolute Gasteiger partial charge is 0.352 e. The molecule has 1 N–H and O–H groups in total. The second kappa shape index (κ2) is 10.7. The molecule has 0 spiro atoms. The van der Waals surface area contributed by atoms with E-state index in [4.69, 9.17) is 9.47 Å². The summed E-state index contributed by atoms with van der Waals surface area (Å²) in [5, 5.41) is 8.89. The zero-order valence-electron chi connectivity index (χ0n) is 18.7. The van der Waals surface area contributed by atoms with Crippen molar-refractivity contribution >= 4 is 28.5 Å². The quantitative estimate of drug-likeness (QED) is 0.229. The van der Waals surface area contributed by atoms with E-state index in [0.29, 0.717) is 12.2 Å². The number of carbonyl (C=O) groups excluding carboxylic acids is 2. The van der Waals surface area contributed by atoms with E-state index in [-0.39, 0.29) is 29.4 Å². The van der Waals surface area contributed by atoms with Gasteiger partial charge in [-0.2, -0.15) is 0 Å². The number of carboxylic acids is 1. The first-order chi connectivity index (χ1) is 15.0. The van der Waals surface area contributed by atoms with Crippen LogP contribution in [0.25, 0.3) is 0 Å². The Balaban J connectivity index is 2.16. The number of amides is 1. The summed E-state index contributed by atoms with van der Waals surface area (Å²) in [5.74, 6) is -1.49. The van der Waals surface area contributed by atoms with Crippen molar-refractivity contribution in [2.75, 3.05) is 12.4 Å². The van der Waals surface area contributed by atoms with Crippen LogP contribution in [0.5, 0.6) is 0 Å². The summed E-state index contributed by atoms with van der Waals surface area (Å²) >= 11 is 0. The number of fused-ring (bicyclic) bond motifs is 1. The Morgan fingerprint density at radius 3 is 2.53 bits per heavy atom. The molecule has 0 aromatic rings. The predicted molar refractivity (Wildman–Crippen MR) is 121 cm³/mol. The highest BCUT2D eigenvalue weighted by molar-refractivity contribution is 7.86. The van der Waals surface area contributed by atoms with E-state index in [9.17, 15) is 23.7 Å². The number of β-lactam (4-membered cyclic amide) rings is 1. The Morgan fingerprint density at radius 1 is 1.28 bits per heavy atom. The standard InChI is InChI=1S/C23H29NO7S/c1-6-16(25)11-9-8-10-12-17(7-2)30-13-15-14-32(29)21-19(31-23(3,4)5)20(26)24(21)18(15)22(27)28/h7-12,19,21H,2,6,13-14H2,1,3-5H3,(H,27,28)/b10-8+,11-9-,17-12+/t19-,21+,32?/m0/s1. The summed E-state index contributed by atoms with van der Waals surface area (Å²) in [6, 6.07) is 0. The summed E-state index contributed by atoms with van der Waals surface area (Å²) in [7, 11) is -1.53. The van der Waals surface area contributed by atoms with Crippen LogP contribution in [-0.4, -0.2) is 61.3 Å². The molecule has 174 valence electrons. The molecule has 1 saturated heterocycles. The SMILES string of the molecule is C=C\C(=C/C=C/C=C\C(=O)CC)OCC1=C(C(=O)O)N2C(=O)[C@H](OC(C)(C)C)[C@H]2S(=O)C1. The van der Waals surface area contributed by atoms with Gasteiger partial charge in [-0.3, -0.25) is 18.7 Å². The number of aliphatic carboxylic acids is 1. The fraction of sp³-hybridized carbons (Fsp3) is 0.435. The van der Waals surface area contributed by atoms with Gasteiger partial charge in [-0.15, -0.1) is 0 Å². The molecule has 2 aliphatic heterocycles. The van der Waals surface area contributed by atoms with Crippen LogP contribution in [0.15, 0.2) is 60.1 Å². The third kappa shape index (κ3) is 6.14.